The van der Waals surface area contributed by atoms with Gasteiger partial charge in [0.1, 0.15) is 5.75 Å². The number of hydrogen-bond acceptors (Lipinski definition) is 3. The summed E-state index contributed by atoms with van der Waals surface area (Å²) in [6, 6.07) is 16.9. The molecule has 2 aliphatic rings. The second kappa shape index (κ2) is 8.03. The van der Waals surface area contributed by atoms with Gasteiger partial charge in [0.25, 0.3) is 0 Å². The minimum Gasteiger partial charge on any atom is -0.496 e. The molecule has 1 saturated heterocycles. The first-order valence-electron chi connectivity index (χ1n) is 10.0. The van der Waals surface area contributed by atoms with Crippen LogP contribution in [0.1, 0.15) is 30.4 Å². The number of anilines is 1. The van der Waals surface area contributed by atoms with Crippen LogP contribution in [-0.2, 0) is 17.6 Å². The van der Waals surface area contributed by atoms with E-state index in [0.29, 0.717) is 12.6 Å². The van der Waals surface area contributed by atoms with Crippen molar-refractivity contribution in [2.45, 2.75) is 38.1 Å². The number of carbonyl (C=O) groups excluding carboxylic acids is 1. The molecule has 0 bridgehead atoms. The van der Waals surface area contributed by atoms with Crippen LogP contribution in [0.2, 0.25) is 0 Å². The third-order valence-electron chi connectivity index (χ3n) is 5.98. The molecule has 4 heteroatoms. The van der Waals surface area contributed by atoms with Crippen molar-refractivity contribution in [2.75, 3.05) is 25.1 Å². The number of rotatable bonds is 5. The number of fused-ring (bicyclic) bond motifs is 3. The summed E-state index contributed by atoms with van der Waals surface area (Å²) in [7, 11) is 1.69. The van der Waals surface area contributed by atoms with E-state index >= 15 is 0 Å². The van der Waals surface area contributed by atoms with Crippen LogP contribution in [0.4, 0.5) is 5.69 Å². The number of nitrogens with one attached hydrogen (secondary N) is 1. The molecule has 2 heterocycles. The highest BCUT2D eigenvalue weighted by Gasteiger charge is 2.39. The lowest BCUT2D eigenvalue weighted by atomic mass is 9.80. The van der Waals surface area contributed by atoms with Crippen LogP contribution in [0.25, 0.3) is 0 Å². The highest BCUT2D eigenvalue weighted by molar-refractivity contribution is 5.82. The van der Waals surface area contributed by atoms with E-state index in [9.17, 15) is 4.79 Å². The van der Waals surface area contributed by atoms with Crippen molar-refractivity contribution < 1.29 is 9.53 Å². The topological polar surface area (TPSA) is 41.6 Å². The van der Waals surface area contributed by atoms with Gasteiger partial charge in [-0.1, -0.05) is 36.4 Å². The predicted molar refractivity (Wildman–Crippen MR) is 108 cm³/mol. The molecule has 2 aliphatic heterocycles. The molecule has 0 saturated carbocycles. The standard InChI is InChI=1S/C23H28N2O2/c1-27-22-12-5-3-8-17(22)13-14-24-23(26)19-16-18-9-2-4-10-20(18)25-15-7-6-11-21(19)25/h2-5,8-10,12,19,21H,6-7,11,13-16H2,1H3,(H,24,26). The summed E-state index contributed by atoms with van der Waals surface area (Å²) >= 11 is 0. The molecule has 0 spiro atoms. The minimum atomic E-state index is 0.0397. The Morgan fingerprint density at radius 1 is 1.15 bits per heavy atom. The molecule has 4 rings (SSSR count). The van der Waals surface area contributed by atoms with Gasteiger partial charge >= 0.3 is 0 Å². The van der Waals surface area contributed by atoms with E-state index in [1.165, 1.54) is 24.1 Å². The van der Waals surface area contributed by atoms with Crippen molar-refractivity contribution in [3.8, 4) is 5.75 Å². The van der Waals surface area contributed by atoms with Crippen molar-refractivity contribution in [2.24, 2.45) is 5.92 Å². The molecule has 1 N–H and O–H groups in total. The zero-order valence-electron chi connectivity index (χ0n) is 16.0. The molecule has 2 atom stereocenters. The fourth-order valence-corrected chi connectivity index (χ4v) is 4.64. The molecule has 1 fully saturated rings. The first kappa shape index (κ1) is 17.9. The van der Waals surface area contributed by atoms with Crippen molar-refractivity contribution in [1.82, 2.24) is 5.32 Å². The number of para-hydroxylation sites is 2. The van der Waals surface area contributed by atoms with E-state index in [1.807, 2.05) is 18.2 Å². The SMILES string of the molecule is COc1ccccc1CCNC(=O)C1Cc2ccccc2N2CCCCC12. The highest BCUT2D eigenvalue weighted by atomic mass is 16.5. The largest absolute Gasteiger partial charge is 0.496 e. The van der Waals surface area contributed by atoms with Crippen molar-refractivity contribution in [1.29, 1.82) is 0 Å². The molecule has 2 unspecified atom stereocenters. The zero-order valence-corrected chi connectivity index (χ0v) is 16.0. The molecular formula is C23H28N2O2. The van der Waals surface area contributed by atoms with Crippen molar-refractivity contribution in [3.05, 3.63) is 59.7 Å². The van der Waals surface area contributed by atoms with Gasteiger partial charge in [0, 0.05) is 24.8 Å². The quantitative estimate of drug-likeness (QED) is 0.882. The van der Waals surface area contributed by atoms with E-state index in [4.69, 9.17) is 4.74 Å². The molecule has 142 valence electrons. The lowest BCUT2D eigenvalue weighted by Crippen LogP contribution is -2.53. The normalized spacial score (nSPS) is 21.1. The number of carbonyl (C=O) groups is 1. The molecule has 2 aromatic carbocycles. The van der Waals surface area contributed by atoms with Crippen LogP contribution in [0.3, 0.4) is 0 Å². The van der Waals surface area contributed by atoms with Gasteiger partial charge in [-0.25, -0.2) is 0 Å². The molecule has 0 aliphatic carbocycles. The van der Waals surface area contributed by atoms with Crippen LogP contribution < -0.4 is 15.0 Å². The maximum absolute atomic E-state index is 13.0. The lowest BCUT2D eigenvalue weighted by Gasteiger charge is -2.46. The first-order valence-corrected chi connectivity index (χ1v) is 10.0. The molecule has 27 heavy (non-hydrogen) atoms. The highest BCUT2D eigenvalue weighted by Crippen LogP contribution is 2.38. The molecule has 2 aromatic rings. The van der Waals surface area contributed by atoms with Gasteiger partial charge < -0.3 is 15.0 Å². The smallest absolute Gasteiger partial charge is 0.225 e. The Hall–Kier alpha value is -2.49. The summed E-state index contributed by atoms with van der Waals surface area (Å²) in [4.78, 5) is 15.5. The Balaban J connectivity index is 1.44. The average molecular weight is 364 g/mol. The van der Waals surface area contributed by atoms with Crippen LogP contribution in [0, 0.1) is 5.92 Å². The lowest BCUT2D eigenvalue weighted by molar-refractivity contribution is -0.125. The van der Waals surface area contributed by atoms with Crippen molar-refractivity contribution in [3.63, 3.8) is 0 Å². The van der Waals surface area contributed by atoms with Gasteiger partial charge in [0.15, 0.2) is 0 Å². The second-order valence-corrected chi connectivity index (χ2v) is 7.55. The number of nitrogens with zero attached hydrogens (tertiary/aromatic N) is 1. The van der Waals surface area contributed by atoms with Gasteiger partial charge in [0.2, 0.25) is 5.91 Å². The van der Waals surface area contributed by atoms with Gasteiger partial charge in [-0.3, -0.25) is 4.79 Å². The number of benzene rings is 2. The van der Waals surface area contributed by atoms with Crippen LogP contribution >= 0.6 is 0 Å². The van der Waals surface area contributed by atoms with Gasteiger partial charge in [0.05, 0.1) is 13.0 Å². The third kappa shape index (κ3) is 3.66. The summed E-state index contributed by atoms with van der Waals surface area (Å²) < 4.78 is 5.41. The zero-order chi connectivity index (χ0) is 18.6. The first-order chi connectivity index (χ1) is 13.3. The van der Waals surface area contributed by atoms with E-state index in [2.05, 4.69) is 40.5 Å². The monoisotopic (exact) mass is 364 g/mol. The average Bonchev–Trinajstić information content (AvgIpc) is 2.73. The fraction of sp³-hybridized carbons (Fsp3) is 0.435. The Morgan fingerprint density at radius 3 is 2.85 bits per heavy atom. The Morgan fingerprint density at radius 2 is 1.96 bits per heavy atom. The number of methoxy groups -OCH3 is 1. The Labute approximate surface area is 161 Å². The summed E-state index contributed by atoms with van der Waals surface area (Å²) in [5.41, 5.74) is 3.77. The molecule has 1 amide bonds. The number of amides is 1. The van der Waals surface area contributed by atoms with Gasteiger partial charge in [-0.15, -0.1) is 0 Å². The third-order valence-corrected chi connectivity index (χ3v) is 5.98. The van der Waals surface area contributed by atoms with E-state index in [1.54, 1.807) is 7.11 Å². The van der Waals surface area contributed by atoms with Crippen LogP contribution in [-0.4, -0.2) is 32.1 Å². The van der Waals surface area contributed by atoms with Gasteiger partial charge in [-0.2, -0.15) is 0 Å². The maximum Gasteiger partial charge on any atom is 0.225 e. The predicted octanol–water partition coefficient (Wildman–Crippen LogP) is 3.59. The molecular weight excluding hydrogens is 336 g/mol. The number of ether oxygens (including phenoxy) is 1. The molecule has 0 aromatic heterocycles. The molecule has 4 nitrogen and oxygen atoms in total. The van der Waals surface area contributed by atoms with Crippen LogP contribution in [0.5, 0.6) is 5.75 Å². The second-order valence-electron chi connectivity index (χ2n) is 7.55. The van der Waals surface area contributed by atoms with Gasteiger partial charge in [-0.05, 0) is 55.4 Å². The Bertz CT molecular complexity index is 804. The number of hydrogen-bond donors (Lipinski definition) is 1. The Kier molecular flexibility index (Phi) is 5.33. The van der Waals surface area contributed by atoms with E-state index in [-0.39, 0.29) is 11.8 Å². The molecule has 0 radical (unpaired) electrons. The van der Waals surface area contributed by atoms with Crippen molar-refractivity contribution >= 4 is 11.6 Å². The fourth-order valence-electron chi connectivity index (χ4n) is 4.64. The minimum absolute atomic E-state index is 0.0397. The number of piperidine rings is 1. The summed E-state index contributed by atoms with van der Waals surface area (Å²) in [6.07, 6.45) is 5.17. The van der Waals surface area contributed by atoms with E-state index in [0.717, 1.165) is 37.1 Å². The summed E-state index contributed by atoms with van der Waals surface area (Å²) in [6.45, 7) is 1.71. The van der Waals surface area contributed by atoms with E-state index < -0.39 is 0 Å². The van der Waals surface area contributed by atoms with Crippen LogP contribution in [0.15, 0.2) is 48.5 Å². The summed E-state index contributed by atoms with van der Waals surface area (Å²) in [5.74, 6) is 1.12. The maximum atomic E-state index is 13.0. The summed E-state index contributed by atoms with van der Waals surface area (Å²) in [5, 5.41) is 3.19.